The van der Waals surface area contributed by atoms with E-state index in [1.54, 1.807) is 6.07 Å². The van der Waals surface area contributed by atoms with Crippen molar-refractivity contribution >= 4 is 17.3 Å². The Hall–Kier alpha value is -1.68. The largest absolute Gasteiger partial charge is 0.381 e. The second-order valence-corrected chi connectivity index (χ2v) is 4.13. The van der Waals surface area contributed by atoms with Crippen molar-refractivity contribution in [2.45, 2.75) is 6.54 Å². The van der Waals surface area contributed by atoms with Gasteiger partial charge in [-0.25, -0.2) is 13.2 Å². The van der Waals surface area contributed by atoms with Gasteiger partial charge in [-0.2, -0.15) is 0 Å². The number of benzene rings is 2. The van der Waals surface area contributed by atoms with Crippen LogP contribution in [0.25, 0.3) is 0 Å². The fourth-order valence-electron chi connectivity index (χ4n) is 1.48. The van der Waals surface area contributed by atoms with Gasteiger partial charge in [-0.15, -0.1) is 0 Å². The molecule has 0 saturated heterocycles. The van der Waals surface area contributed by atoms with E-state index in [2.05, 4.69) is 5.32 Å². The molecule has 0 saturated carbocycles. The third-order valence-corrected chi connectivity index (χ3v) is 2.72. The van der Waals surface area contributed by atoms with Gasteiger partial charge in [0.15, 0.2) is 0 Å². The third kappa shape index (κ3) is 2.96. The van der Waals surface area contributed by atoms with E-state index in [1.165, 1.54) is 12.1 Å². The molecule has 0 amide bonds. The first kappa shape index (κ1) is 12.8. The molecule has 2 rings (SSSR count). The van der Waals surface area contributed by atoms with E-state index in [4.69, 9.17) is 11.6 Å². The van der Waals surface area contributed by atoms with Crippen LogP contribution in [-0.2, 0) is 6.54 Å². The molecule has 0 aliphatic heterocycles. The number of anilines is 1. The molecular formula is C13H9ClF3N. The molecule has 0 fully saturated rings. The van der Waals surface area contributed by atoms with Crippen LogP contribution in [0, 0.1) is 17.5 Å². The lowest BCUT2D eigenvalue weighted by Gasteiger charge is -2.08. The van der Waals surface area contributed by atoms with Crippen LogP contribution in [0.1, 0.15) is 5.56 Å². The van der Waals surface area contributed by atoms with Crippen LogP contribution >= 0.6 is 11.6 Å². The van der Waals surface area contributed by atoms with Crippen molar-refractivity contribution in [2.24, 2.45) is 0 Å². The van der Waals surface area contributed by atoms with Gasteiger partial charge in [0, 0.05) is 17.8 Å². The number of halogens is 4. The molecule has 1 N–H and O–H groups in total. The molecule has 0 radical (unpaired) electrons. The summed E-state index contributed by atoms with van der Waals surface area (Å²) in [5.74, 6) is -1.60. The fraction of sp³-hybridized carbons (Fsp3) is 0.0769. The van der Waals surface area contributed by atoms with Crippen molar-refractivity contribution < 1.29 is 13.2 Å². The normalized spacial score (nSPS) is 10.4. The summed E-state index contributed by atoms with van der Waals surface area (Å²) in [6, 6.07) is 7.33. The lowest BCUT2D eigenvalue weighted by molar-refractivity contribution is 0.587. The molecule has 2 aromatic carbocycles. The van der Waals surface area contributed by atoms with E-state index in [0.717, 1.165) is 18.2 Å². The highest BCUT2D eigenvalue weighted by Crippen LogP contribution is 2.19. The van der Waals surface area contributed by atoms with Gasteiger partial charge in [-0.3, -0.25) is 0 Å². The van der Waals surface area contributed by atoms with Crippen LogP contribution in [0.3, 0.4) is 0 Å². The van der Waals surface area contributed by atoms with Crippen molar-refractivity contribution in [1.82, 2.24) is 0 Å². The summed E-state index contributed by atoms with van der Waals surface area (Å²) < 4.78 is 39.4. The van der Waals surface area contributed by atoms with Gasteiger partial charge in [0.2, 0.25) is 0 Å². The molecule has 0 heterocycles. The van der Waals surface area contributed by atoms with Crippen molar-refractivity contribution in [3.63, 3.8) is 0 Å². The van der Waals surface area contributed by atoms with E-state index in [9.17, 15) is 13.2 Å². The summed E-state index contributed by atoms with van der Waals surface area (Å²) in [5, 5.41) is 2.80. The highest BCUT2D eigenvalue weighted by Gasteiger charge is 2.05. The SMILES string of the molecule is Fc1ccc(F)c(CNc2ccc(Cl)c(F)c2)c1. The smallest absolute Gasteiger partial charge is 0.143 e. The van der Waals surface area contributed by atoms with E-state index in [1.807, 2.05) is 0 Å². The molecule has 0 bridgehead atoms. The molecule has 0 spiro atoms. The van der Waals surface area contributed by atoms with Crippen molar-refractivity contribution in [2.75, 3.05) is 5.32 Å². The maximum absolute atomic E-state index is 13.3. The lowest BCUT2D eigenvalue weighted by atomic mass is 10.2. The second-order valence-electron chi connectivity index (χ2n) is 3.72. The first-order valence-electron chi connectivity index (χ1n) is 5.19. The molecule has 0 unspecified atom stereocenters. The minimum atomic E-state index is -0.568. The Labute approximate surface area is 107 Å². The average molecular weight is 272 g/mol. The maximum Gasteiger partial charge on any atom is 0.143 e. The zero-order valence-electron chi connectivity index (χ0n) is 9.18. The topological polar surface area (TPSA) is 12.0 Å². The number of hydrogen-bond donors (Lipinski definition) is 1. The highest BCUT2D eigenvalue weighted by atomic mass is 35.5. The highest BCUT2D eigenvalue weighted by molar-refractivity contribution is 6.30. The molecular weight excluding hydrogens is 263 g/mol. The van der Waals surface area contributed by atoms with E-state index >= 15 is 0 Å². The van der Waals surface area contributed by atoms with Gasteiger partial charge in [0.1, 0.15) is 17.5 Å². The first-order valence-corrected chi connectivity index (χ1v) is 5.57. The zero-order valence-corrected chi connectivity index (χ0v) is 9.94. The number of rotatable bonds is 3. The predicted octanol–water partition coefficient (Wildman–Crippen LogP) is 4.37. The number of nitrogens with one attached hydrogen (secondary N) is 1. The molecule has 0 aliphatic carbocycles. The Bertz CT molecular complexity index is 572. The molecule has 0 atom stereocenters. The van der Waals surface area contributed by atoms with Crippen LogP contribution in [0.4, 0.5) is 18.9 Å². The minimum Gasteiger partial charge on any atom is -0.381 e. The van der Waals surface area contributed by atoms with Gasteiger partial charge in [0.25, 0.3) is 0 Å². The van der Waals surface area contributed by atoms with Gasteiger partial charge >= 0.3 is 0 Å². The van der Waals surface area contributed by atoms with Crippen LogP contribution in [0.5, 0.6) is 0 Å². The Morgan fingerprint density at radius 3 is 2.44 bits per heavy atom. The summed E-state index contributed by atoms with van der Waals surface area (Å²) in [4.78, 5) is 0. The molecule has 18 heavy (non-hydrogen) atoms. The van der Waals surface area contributed by atoms with Crippen LogP contribution in [-0.4, -0.2) is 0 Å². The summed E-state index contributed by atoms with van der Waals surface area (Å²) in [7, 11) is 0. The molecule has 0 aromatic heterocycles. The van der Waals surface area contributed by atoms with Crippen LogP contribution < -0.4 is 5.32 Å². The quantitative estimate of drug-likeness (QED) is 0.874. The van der Waals surface area contributed by atoms with Crippen molar-refractivity contribution in [3.05, 3.63) is 64.4 Å². The van der Waals surface area contributed by atoms with E-state index in [0.29, 0.717) is 5.69 Å². The van der Waals surface area contributed by atoms with Gasteiger partial charge in [-0.1, -0.05) is 11.6 Å². The monoisotopic (exact) mass is 271 g/mol. The lowest BCUT2D eigenvalue weighted by Crippen LogP contribution is -2.02. The Kier molecular flexibility index (Phi) is 3.77. The summed E-state index contributed by atoms with van der Waals surface area (Å²) >= 11 is 5.53. The molecule has 1 nitrogen and oxygen atoms in total. The Balaban J connectivity index is 2.11. The Morgan fingerprint density at radius 2 is 1.72 bits per heavy atom. The van der Waals surface area contributed by atoms with E-state index in [-0.39, 0.29) is 17.1 Å². The third-order valence-electron chi connectivity index (χ3n) is 2.41. The van der Waals surface area contributed by atoms with Crippen molar-refractivity contribution in [1.29, 1.82) is 0 Å². The summed E-state index contributed by atoms with van der Waals surface area (Å²) in [6.45, 7) is 0.0602. The molecule has 5 heteroatoms. The first-order chi connectivity index (χ1) is 8.56. The van der Waals surface area contributed by atoms with Gasteiger partial charge < -0.3 is 5.32 Å². The molecule has 0 aliphatic rings. The standard InChI is InChI=1S/C13H9ClF3N/c14-11-3-2-10(6-13(11)17)18-7-8-5-9(15)1-4-12(8)16/h1-6,18H,7H2. The fourth-order valence-corrected chi connectivity index (χ4v) is 1.60. The Morgan fingerprint density at radius 1 is 0.944 bits per heavy atom. The molecule has 2 aromatic rings. The summed E-state index contributed by atoms with van der Waals surface area (Å²) in [5.41, 5.74) is 0.617. The van der Waals surface area contributed by atoms with Gasteiger partial charge in [-0.05, 0) is 36.4 Å². The average Bonchev–Trinajstić information content (AvgIpc) is 2.34. The predicted molar refractivity (Wildman–Crippen MR) is 65.1 cm³/mol. The van der Waals surface area contributed by atoms with Crippen LogP contribution in [0.15, 0.2) is 36.4 Å². The minimum absolute atomic E-state index is 0.0116. The summed E-state index contributed by atoms with van der Waals surface area (Å²) in [6.07, 6.45) is 0. The van der Waals surface area contributed by atoms with Crippen molar-refractivity contribution in [3.8, 4) is 0 Å². The second kappa shape index (κ2) is 5.31. The van der Waals surface area contributed by atoms with Gasteiger partial charge in [0.05, 0.1) is 5.02 Å². The maximum atomic E-state index is 13.3. The molecule has 94 valence electrons. The van der Waals surface area contributed by atoms with Crippen LogP contribution in [0.2, 0.25) is 5.02 Å². The zero-order chi connectivity index (χ0) is 13.1. The number of hydrogen-bond acceptors (Lipinski definition) is 1. The van der Waals surface area contributed by atoms with E-state index < -0.39 is 17.5 Å².